The quantitative estimate of drug-likeness (QED) is 0.235. The summed E-state index contributed by atoms with van der Waals surface area (Å²) in [5, 5.41) is 0. The smallest absolute Gasteiger partial charge is 0.296 e. The number of nitrogens with zero attached hydrogens (tertiary/aromatic N) is 2. The van der Waals surface area contributed by atoms with Gasteiger partial charge in [-0.25, -0.2) is 0 Å². The van der Waals surface area contributed by atoms with Crippen LogP contribution in [-0.4, -0.2) is 6.71 Å². The molecule has 0 spiro atoms. The Labute approximate surface area is 229 Å². The minimum Gasteiger partial charge on any atom is -0.469 e. The number of allylic oxidation sites excluding steroid dienone is 1. The van der Waals surface area contributed by atoms with Crippen LogP contribution in [0.15, 0.2) is 139 Å². The first kappa shape index (κ1) is 22.3. The summed E-state index contributed by atoms with van der Waals surface area (Å²) in [6.07, 6.45) is 0. The second kappa shape index (κ2) is 8.15. The molecule has 0 fully saturated rings. The highest BCUT2D eigenvalue weighted by atomic mass is 16.5. The number of rotatable bonds is 2. The van der Waals surface area contributed by atoms with E-state index in [1.165, 1.54) is 39.2 Å². The van der Waals surface area contributed by atoms with Crippen LogP contribution < -0.4 is 25.5 Å². The van der Waals surface area contributed by atoms with Crippen molar-refractivity contribution in [2.24, 2.45) is 0 Å². The highest BCUT2D eigenvalue weighted by Crippen LogP contribution is 2.52. The maximum Gasteiger partial charge on any atom is 0.296 e. The van der Waals surface area contributed by atoms with Gasteiger partial charge in [-0.3, -0.25) is 0 Å². The molecule has 0 atom stereocenters. The first-order chi connectivity index (χ1) is 19.1. The van der Waals surface area contributed by atoms with Crippen LogP contribution in [0.4, 0.5) is 28.4 Å². The van der Waals surface area contributed by atoms with E-state index in [2.05, 4.69) is 151 Å². The molecule has 4 heteroatoms. The number of hydrogen-bond acceptors (Lipinski definition) is 3. The number of hydrogen-bond donors (Lipinski definition) is 0. The fourth-order valence-electron chi connectivity index (χ4n) is 6.80. The molecule has 0 aromatic heterocycles. The van der Waals surface area contributed by atoms with E-state index in [4.69, 9.17) is 4.74 Å². The molecule has 0 N–H and O–H groups in total. The maximum absolute atomic E-state index is 6.99. The van der Waals surface area contributed by atoms with Crippen LogP contribution in [0.25, 0.3) is 0 Å². The van der Waals surface area contributed by atoms with Crippen LogP contribution in [0.2, 0.25) is 0 Å². The summed E-state index contributed by atoms with van der Waals surface area (Å²) >= 11 is 0. The molecule has 8 rings (SSSR count). The Morgan fingerprint density at radius 2 is 1.13 bits per heavy atom. The third-order valence-electron chi connectivity index (χ3n) is 8.44. The average molecular weight is 502 g/mol. The van der Waals surface area contributed by atoms with Crippen LogP contribution in [0.1, 0.15) is 19.4 Å². The molecule has 3 heterocycles. The van der Waals surface area contributed by atoms with E-state index in [1.54, 1.807) is 0 Å². The first-order valence-electron chi connectivity index (χ1n) is 13.6. The molecule has 0 aliphatic carbocycles. The van der Waals surface area contributed by atoms with Gasteiger partial charge in [0, 0.05) is 39.4 Å². The molecule has 0 saturated carbocycles. The van der Waals surface area contributed by atoms with Gasteiger partial charge in [0.2, 0.25) is 0 Å². The summed E-state index contributed by atoms with van der Waals surface area (Å²) < 4.78 is 6.99. The van der Waals surface area contributed by atoms with Crippen molar-refractivity contribution < 1.29 is 4.74 Å². The molecule has 5 aromatic carbocycles. The molecular formula is C35H27BN2O. The van der Waals surface area contributed by atoms with E-state index in [9.17, 15) is 0 Å². The number of fused-ring (bicyclic) bond motifs is 4. The minimum absolute atomic E-state index is 0.0186. The SMILES string of the molecule is CC1(C)C2=C(Oc3ccccc31)B1c3ccccc3N(c3ccccc3)c3cccc(c31)N2c1ccccc1. The molecule has 0 unspecified atom stereocenters. The van der Waals surface area contributed by atoms with Crippen LogP contribution in [-0.2, 0) is 5.41 Å². The molecule has 186 valence electrons. The lowest BCUT2D eigenvalue weighted by molar-refractivity contribution is 0.391. The van der Waals surface area contributed by atoms with Crippen molar-refractivity contribution in [1.82, 2.24) is 0 Å². The largest absolute Gasteiger partial charge is 0.469 e. The van der Waals surface area contributed by atoms with E-state index in [0.29, 0.717) is 0 Å². The standard InChI is InChI=1S/C35H27BN2O/c1-35(2)26-18-9-12-23-31(26)39-34-33(35)38(25-16-7-4-8-17-25)30-22-13-21-29-32(30)36(34)27-19-10-11-20-28(27)37(29)24-14-5-3-6-15-24/h3-23H,1-2H3. The molecule has 0 bridgehead atoms. The van der Waals surface area contributed by atoms with Gasteiger partial charge in [0.1, 0.15) is 5.75 Å². The molecule has 0 saturated heterocycles. The topological polar surface area (TPSA) is 15.7 Å². The Morgan fingerprint density at radius 1 is 0.564 bits per heavy atom. The number of anilines is 5. The van der Waals surface area contributed by atoms with Gasteiger partial charge in [-0.1, -0.05) is 78.9 Å². The molecule has 39 heavy (non-hydrogen) atoms. The lowest BCUT2D eigenvalue weighted by Gasteiger charge is -2.50. The minimum atomic E-state index is -0.279. The van der Waals surface area contributed by atoms with Gasteiger partial charge < -0.3 is 14.5 Å². The number of benzene rings is 5. The zero-order chi connectivity index (χ0) is 26.1. The Morgan fingerprint density at radius 3 is 1.87 bits per heavy atom. The predicted octanol–water partition coefficient (Wildman–Crippen LogP) is 7.35. The zero-order valence-corrected chi connectivity index (χ0v) is 22.0. The van der Waals surface area contributed by atoms with E-state index < -0.39 is 0 Å². The normalized spacial score (nSPS) is 16.1. The highest BCUT2D eigenvalue weighted by molar-refractivity contribution is 6.94. The van der Waals surface area contributed by atoms with Crippen molar-refractivity contribution in [1.29, 1.82) is 0 Å². The van der Waals surface area contributed by atoms with Gasteiger partial charge in [0.15, 0.2) is 0 Å². The summed E-state index contributed by atoms with van der Waals surface area (Å²) in [7, 11) is 0. The van der Waals surface area contributed by atoms with Crippen molar-refractivity contribution >= 4 is 46.1 Å². The van der Waals surface area contributed by atoms with Crippen LogP contribution >= 0.6 is 0 Å². The van der Waals surface area contributed by atoms with Gasteiger partial charge >= 0.3 is 0 Å². The Balaban J connectivity index is 1.49. The highest BCUT2D eigenvalue weighted by Gasteiger charge is 2.51. The van der Waals surface area contributed by atoms with Crippen molar-refractivity contribution in [2.45, 2.75) is 19.3 Å². The van der Waals surface area contributed by atoms with E-state index in [1.807, 2.05) is 0 Å². The summed E-state index contributed by atoms with van der Waals surface area (Å²) in [5.74, 6) is 0.943. The van der Waals surface area contributed by atoms with E-state index in [0.717, 1.165) is 22.8 Å². The monoisotopic (exact) mass is 502 g/mol. The molecule has 0 amide bonds. The second-order valence-electron chi connectivity index (χ2n) is 11.0. The summed E-state index contributed by atoms with van der Waals surface area (Å²) in [6, 6.07) is 45.4. The Hall–Kier alpha value is -4.70. The van der Waals surface area contributed by atoms with Gasteiger partial charge in [-0.15, -0.1) is 0 Å². The lowest BCUT2D eigenvalue weighted by atomic mass is 9.35. The molecule has 3 nitrogen and oxygen atoms in total. The Bertz CT molecular complexity index is 1780. The molecule has 0 radical (unpaired) electrons. The van der Waals surface area contributed by atoms with Crippen molar-refractivity contribution in [3.05, 3.63) is 144 Å². The number of para-hydroxylation sites is 4. The van der Waals surface area contributed by atoms with Crippen molar-refractivity contribution in [2.75, 3.05) is 9.80 Å². The lowest BCUT2D eigenvalue weighted by Crippen LogP contribution is -2.59. The van der Waals surface area contributed by atoms with Crippen LogP contribution in [0.5, 0.6) is 5.75 Å². The van der Waals surface area contributed by atoms with Crippen LogP contribution in [0, 0.1) is 0 Å². The Kier molecular flexibility index (Phi) is 4.66. The van der Waals surface area contributed by atoms with Crippen molar-refractivity contribution in [3.8, 4) is 5.75 Å². The maximum atomic E-state index is 6.99. The average Bonchev–Trinajstić information content (AvgIpc) is 2.98. The summed E-state index contributed by atoms with van der Waals surface area (Å²) in [5.41, 5.74) is 11.6. The van der Waals surface area contributed by atoms with E-state index in [-0.39, 0.29) is 12.1 Å². The number of ether oxygens (including phenoxy) is 1. The summed E-state index contributed by atoms with van der Waals surface area (Å²) in [6.45, 7) is 4.65. The molecular weight excluding hydrogens is 475 g/mol. The van der Waals surface area contributed by atoms with Crippen LogP contribution in [0.3, 0.4) is 0 Å². The zero-order valence-electron chi connectivity index (χ0n) is 22.0. The fourth-order valence-corrected chi connectivity index (χ4v) is 6.80. The third-order valence-corrected chi connectivity index (χ3v) is 8.44. The molecule has 3 aliphatic heterocycles. The van der Waals surface area contributed by atoms with Gasteiger partial charge in [0.05, 0.1) is 11.4 Å². The fraction of sp³-hybridized carbons (Fsp3) is 0.0857. The second-order valence-corrected chi connectivity index (χ2v) is 11.0. The van der Waals surface area contributed by atoms with Gasteiger partial charge in [-0.05, 0) is 73.3 Å². The molecule has 3 aliphatic rings. The predicted molar refractivity (Wildman–Crippen MR) is 162 cm³/mol. The van der Waals surface area contributed by atoms with Crippen molar-refractivity contribution in [3.63, 3.8) is 0 Å². The van der Waals surface area contributed by atoms with Gasteiger partial charge in [-0.2, -0.15) is 0 Å². The first-order valence-corrected chi connectivity index (χ1v) is 13.6. The van der Waals surface area contributed by atoms with E-state index >= 15 is 0 Å². The molecule has 5 aromatic rings. The third kappa shape index (κ3) is 3.06. The summed E-state index contributed by atoms with van der Waals surface area (Å²) in [4.78, 5) is 4.85. The van der Waals surface area contributed by atoms with Gasteiger partial charge in [0.25, 0.3) is 6.71 Å².